The molecule has 23 heavy (non-hydrogen) atoms. The van der Waals surface area contributed by atoms with E-state index in [4.69, 9.17) is 0 Å². The average molecular weight is 308 g/mol. The number of halogens is 1. The second-order valence-corrected chi connectivity index (χ2v) is 5.91. The van der Waals surface area contributed by atoms with Gasteiger partial charge in [-0.15, -0.1) is 0 Å². The van der Waals surface area contributed by atoms with Crippen LogP contribution in [-0.2, 0) is 6.42 Å². The first-order valence-corrected chi connectivity index (χ1v) is 7.89. The van der Waals surface area contributed by atoms with E-state index in [1.54, 1.807) is 0 Å². The molecule has 116 valence electrons. The van der Waals surface area contributed by atoms with E-state index in [0.717, 1.165) is 19.4 Å². The van der Waals surface area contributed by atoms with E-state index < -0.39 is 0 Å². The Morgan fingerprint density at radius 2 is 2.09 bits per heavy atom. The minimum atomic E-state index is -0.386. The largest absolute Gasteiger partial charge is 0.368 e. The standard InChI is InChI=1S/C18H17FN4/c19-14-8-16-17(20-10-14)18(23-11-22-16)21-9-13-6-3-5-12-4-1-2-7-15(12)13/h1-2,4,7-8,10-11,13H,3,5-6,9H2,(H,21,22,23)/t13-/m1/s1. The van der Waals surface area contributed by atoms with E-state index in [9.17, 15) is 4.39 Å². The lowest BCUT2D eigenvalue weighted by molar-refractivity contribution is 0.571. The summed E-state index contributed by atoms with van der Waals surface area (Å²) < 4.78 is 13.3. The van der Waals surface area contributed by atoms with Gasteiger partial charge in [0.15, 0.2) is 5.82 Å². The van der Waals surface area contributed by atoms with Gasteiger partial charge >= 0.3 is 0 Å². The zero-order valence-corrected chi connectivity index (χ0v) is 12.7. The first-order chi connectivity index (χ1) is 11.3. The summed E-state index contributed by atoms with van der Waals surface area (Å²) in [5, 5.41) is 3.38. The van der Waals surface area contributed by atoms with Crippen LogP contribution in [-0.4, -0.2) is 21.5 Å². The predicted molar refractivity (Wildman–Crippen MR) is 87.9 cm³/mol. The van der Waals surface area contributed by atoms with Crippen molar-refractivity contribution < 1.29 is 4.39 Å². The van der Waals surface area contributed by atoms with Crippen LogP contribution in [0.4, 0.5) is 10.2 Å². The third-order valence-electron chi connectivity index (χ3n) is 4.45. The Hall–Kier alpha value is -2.56. The van der Waals surface area contributed by atoms with Gasteiger partial charge in [0.2, 0.25) is 0 Å². The molecule has 3 aromatic rings. The maximum absolute atomic E-state index is 13.3. The molecular weight excluding hydrogens is 291 g/mol. The third-order valence-corrected chi connectivity index (χ3v) is 4.45. The number of aromatic nitrogens is 3. The Balaban J connectivity index is 1.59. The number of anilines is 1. The first-order valence-electron chi connectivity index (χ1n) is 7.89. The summed E-state index contributed by atoms with van der Waals surface area (Å²) in [4.78, 5) is 12.5. The van der Waals surface area contributed by atoms with Gasteiger partial charge in [-0.25, -0.2) is 19.3 Å². The van der Waals surface area contributed by atoms with Crippen molar-refractivity contribution in [1.82, 2.24) is 15.0 Å². The van der Waals surface area contributed by atoms with Crippen LogP contribution >= 0.6 is 0 Å². The summed E-state index contributed by atoms with van der Waals surface area (Å²) >= 11 is 0. The normalized spacial score (nSPS) is 17.0. The molecule has 1 atom stereocenters. The predicted octanol–water partition coefficient (Wildman–Crippen LogP) is 3.70. The monoisotopic (exact) mass is 308 g/mol. The van der Waals surface area contributed by atoms with Crippen LogP contribution in [0.3, 0.4) is 0 Å². The number of aryl methyl sites for hydroxylation is 1. The minimum Gasteiger partial charge on any atom is -0.368 e. The molecule has 5 heteroatoms. The molecule has 4 rings (SSSR count). The Morgan fingerprint density at radius 3 is 3.04 bits per heavy atom. The number of nitrogens with zero attached hydrogens (tertiary/aromatic N) is 3. The molecule has 0 fully saturated rings. The van der Waals surface area contributed by atoms with Crippen LogP contribution in [0.5, 0.6) is 0 Å². The Bertz CT molecular complexity index is 849. The van der Waals surface area contributed by atoms with Crippen molar-refractivity contribution >= 4 is 16.9 Å². The lowest BCUT2D eigenvalue weighted by atomic mass is 9.83. The van der Waals surface area contributed by atoms with Crippen molar-refractivity contribution in [2.24, 2.45) is 0 Å². The molecule has 0 saturated heterocycles. The minimum absolute atomic E-state index is 0.386. The van der Waals surface area contributed by atoms with Gasteiger partial charge in [-0.2, -0.15) is 0 Å². The van der Waals surface area contributed by atoms with Crippen molar-refractivity contribution in [3.05, 3.63) is 59.8 Å². The van der Waals surface area contributed by atoms with Crippen molar-refractivity contribution in [3.8, 4) is 0 Å². The average Bonchev–Trinajstić information content (AvgIpc) is 2.59. The molecule has 0 amide bonds. The highest BCUT2D eigenvalue weighted by atomic mass is 19.1. The molecule has 0 bridgehead atoms. The summed E-state index contributed by atoms with van der Waals surface area (Å²) in [5.74, 6) is 0.742. The molecule has 2 heterocycles. The van der Waals surface area contributed by atoms with Gasteiger partial charge in [0.25, 0.3) is 0 Å². The molecule has 1 aliphatic carbocycles. The van der Waals surface area contributed by atoms with Crippen molar-refractivity contribution in [2.45, 2.75) is 25.2 Å². The number of pyridine rings is 1. The van der Waals surface area contributed by atoms with Crippen LogP contribution in [0.1, 0.15) is 29.9 Å². The maximum Gasteiger partial charge on any atom is 0.156 e. The Morgan fingerprint density at radius 1 is 1.17 bits per heavy atom. The number of hydrogen-bond acceptors (Lipinski definition) is 4. The van der Waals surface area contributed by atoms with Crippen LogP contribution in [0.25, 0.3) is 11.0 Å². The fourth-order valence-electron chi connectivity index (χ4n) is 3.34. The molecule has 1 N–H and O–H groups in total. The van der Waals surface area contributed by atoms with E-state index in [1.807, 2.05) is 0 Å². The van der Waals surface area contributed by atoms with Gasteiger partial charge in [-0.1, -0.05) is 24.3 Å². The van der Waals surface area contributed by atoms with E-state index in [2.05, 4.69) is 44.5 Å². The SMILES string of the molecule is Fc1cnc2c(NC[C@H]3CCCc4ccccc43)ncnc2c1. The molecule has 0 unspecified atom stereocenters. The van der Waals surface area contributed by atoms with E-state index >= 15 is 0 Å². The van der Waals surface area contributed by atoms with Gasteiger partial charge in [0, 0.05) is 18.5 Å². The molecule has 4 nitrogen and oxygen atoms in total. The van der Waals surface area contributed by atoms with Crippen molar-refractivity contribution in [3.63, 3.8) is 0 Å². The quantitative estimate of drug-likeness (QED) is 0.801. The van der Waals surface area contributed by atoms with E-state index in [-0.39, 0.29) is 5.82 Å². The topological polar surface area (TPSA) is 50.7 Å². The lowest BCUT2D eigenvalue weighted by Gasteiger charge is -2.25. The summed E-state index contributed by atoms with van der Waals surface area (Å²) in [6, 6.07) is 10.0. The molecular formula is C18H17FN4. The molecule has 1 aliphatic rings. The van der Waals surface area contributed by atoms with Crippen LogP contribution in [0.15, 0.2) is 42.9 Å². The highest BCUT2D eigenvalue weighted by Gasteiger charge is 2.20. The second-order valence-electron chi connectivity index (χ2n) is 5.91. The molecule has 0 saturated carbocycles. The number of fused-ring (bicyclic) bond motifs is 2. The summed E-state index contributed by atoms with van der Waals surface area (Å²) in [6.45, 7) is 0.794. The van der Waals surface area contributed by atoms with Gasteiger partial charge in [0.05, 0.1) is 11.7 Å². The smallest absolute Gasteiger partial charge is 0.156 e. The number of nitrogens with one attached hydrogen (secondary N) is 1. The lowest BCUT2D eigenvalue weighted by Crippen LogP contribution is -2.18. The third kappa shape index (κ3) is 2.74. The van der Waals surface area contributed by atoms with Gasteiger partial charge in [-0.3, -0.25) is 0 Å². The number of hydrogen-bond donors (Lipinski definition) is 1. The fourth-order valence-corrected chi connectivity index (χ4v) is 3.34. The molecule has 0 aliphatic heterocycles. The summed E-state index contributed by atoms with van der Waals surface area (Å²) in [5.41, 5.74) is 3.99. The number of benzene rings is 1. The van der Waals surface area contributed by atoms with Gasteiger partial charge < -0.3 is 5.32 Å². The second kappa shape index (κ2) is 5.91. The van der Waals surface area contributed by atoms with E-state index in [0.29, 0.717) is 22.8 Å². The molecule has 0 radical (unpaired) electrons. The Kier molecular flexibility index (Phi) is 3.61. The summed E-state index contributed by atoms with van der Waals surface area (Å²) in [6.07, 6.45) is 6.17. The first kappa shape index (κ1) is 14.1. The van der Waals surface area contributed by atoms with Gasteiger partial charge in [0.1, 0.15) is 17.7 Å². The van der Waals surface area contributed by atoms with Crippen LogP contribution < -0.4 is 5.32 Å². The fraction of sp³-hybridized carbons (Fsp3) is 0.278. The highest BCUT2D eigenvalue weighted by molar-refractivity contribution is 5.84. The molecule has 0 spiro atoms. The van der Waals surface area contributed by atoms with Crippen LogP contribution in [0.2, 0.25) is 0 Å². The Labute approximate surface area is 133 Å². The van der Waals surface area contributed by atoms with Gasteiger partial charge in [-0.05, 0) is 30.4 Å². The maximum atomic E-state index is 13.3. The van der Waals surface area contributed by atoms with Crippen molar-refractivity contribution in [1.29, 1.82) is 0 Å². The van der Waals surface area contributed by atoms with Crippen LogP contribution in [0, 0.1) is 5.82 Å². The highest BCUT2D eigenvalue weighted by Crippen LogP contribution is 2.31. The zero-order chi connectivity index (χ0) is 15.6. The molecule has 1 aromatic carbocycles. The molecule has 2 aromatic heterocycles. The van der Waals surface area contributed by atoms with Crippen molar-refractivity contribution in [2.75, 3.05) is 11.9 Å². The van der Waals surface area contributed by atoms with E-state index in [1.165, 1.54) is 36.1 Å². The zero-order valence-electron chi connectivity index (χ0n) is 12.7. The number of rotatable bonds is 3. The summed E-state index contributed by atoms with van der Waals surface area (Å²) in [7, 11) is 0.